The molecule has 0 aliphatic carbocycles. The van der Waals surface area contributed by atoms with Crippen molar-refractivity contribution in [1.29, 1.82) is 0 Å². The Kier molecular flexibility index (Phi) is 6.41. The zero-order valence-corrected chi connectivity index (χ0v) is 17.8. The summed E-state index contributed by atoms with van der Waals surface area (Å²) in [6.07, 6.45) is 1.73. The van der Waals surface area contributed by atoms with Crippen molar-refractivity contribution in [3.8, 4) is 0 Å². The van der Waals surface area contributed by atoms with Crippen LogP contribution in [0.5, 0.6) is 0 Å². The van der Waals surface area contributed by atoms with Gasteiger partial charge in [-0.15, -0.1) is 23.5 Å². The fourth-order valence-corrected chi connectivity index (χ4v) is 7.73. The Morgan fingerprint density at radius 1 is 1.31 bits per heavy atom. The SMILES string of the molecule is CCNC1NC(SCc2ccc(Cl)cc2)NC2SC3CN(C)CCC3C12. The molecule has 1 aromatic carbocycles. The topological polar surface area (TPSA) is 39.3 Å². The monoisotopic (exact) mass is 412 g/mol. The van der Waals surface area contributed by atoms with Crippen LogP contribution in [0.15, 0.2) is 24.3 Å². The molecule has 0 amide bonds. The molecular weight excluding hydrogens is 384 g/mol. The van der Waals surface area contributed by atoms with Crippen LogP contribution in [0, 0.1) is 11.8 Å². The van der Waals surface area contributed by atoms with Crippen LogP contribution < -0.4 is 16.0 Å². The summed E-state index contributed by atoms with van der Waals surface area (Å²) in [5.41, 5.74) is 1.60. The van der Waals surface area contributed by atoms with Gasteiger partial charge in [-0.25, -0.2) is 0 Å². The van der Waals surface area contributed by atoms with E-state index in [1.165, 1.54) is 25.1 Å². The van der Waals surface area contributed by atoms with Crippen LogP contribution in [0.3, 0.4) is 0 Å². The number of nitrogens with zero attached hydrogens (tertiary/aromatic N) is 1. The van der Waals surface area contributed by atoms with Crippen molar-refractivity contribution in [2.75, 3.05) is 26.7 Å². The van der Waals surface area contributed by atoms with Gasteiger partial charge in [-0.1, -0.05) is 30.7 Å². The van der Waals surface area contributed by atoms with Gasteiger partial charge in [0.25, 0.3) is 0 Å². The Hall–Kier alpha value is 0.0500. The van der Waals surface area contributed by atoms with E-state index >= 15 is 0 Å². The number of rotatable bonds is 5. The Morgan fingerprint density at radius 3 is 2.88 bits per heavy atom. The van der Waals surface area contributed by atoms with Crippen molar-refractivity contribution < 1.29 is 0 Å². The average molecular weight is 413 g/mol. The van der Waals surface area contributed by atoms with Crippen molar-refractivity contribution in [2.24, 2.45) is 11.8 Å². The van der Waals surface area contributed by atoms with Gasteiger partial charge < -0.3 is 10.2 Å². The molecule has 0 radical (unpaired) electrons. The Balaban J connectivity index is 1.41. The number of nitrogens with one attached hydrogen (secondary N) is 3. The summed E-state index contributed by atoms with van der Waals surface area (Å²) in [5.74, 6) is 2.47. The van der Waals surface area contributed by atoms with Gasteiger partial charge in [0.15, 0.2) is 0 Å². The third kappa shape index (κ3) is 4.22. The number of piperidine rings is 1. The number of halogens is 1. The Bertz CT molecular complexity index is 602. The second kappa shape index (κ2) is 8.60. The largest absolute Gasteiger partial charge is 0.305 e. The first-order valence-corrected chi connectivity index (χ1v) is 12.0. The van der Waals surface area contributed by atoms with Gasteiger partial charge in [-0.3, -0.25) is 10.6 Å². The molecule has 0 spiro atoms. The van der Waals surface area contributed by atoms with E-state index in [9.17, 15) is 0 Å². The van der Waals surface area contributed by atoms with E-state index in [1.807, 2.05) is 23.9 Å². The molecule has 3 aliphatic rings. The molecule has 3 heterocycles. The number of hydrogen-bond donors (Lipinski definition) is 3. The minimum atomic E-state index is 0.279. The molecule has 3 aliphatic heterocycles. The van der Waals surface area contributed by atoms with Crippen molar-refractivity contribution >= 4 is 35.1 Å². The maximum atomic E-state index is 6.00. The number of hydrogen-bond acceptors (Lipinski definition) is 6. The lowest BCUT2D eigenvalue weighted by molar-refractivity contribution is 0.120. The van der Waals surface area contributed by atoms with Crippen LogP contribution in [-0.4, -0.2) is 53.9 Å². The highest BCUT2D eigenvalue weighted by Gasteiger charge is 2.51. The van der Waals surface area contributed by atoms with Crippen LogP contribution in [-0.2, 0) is 5.75 Å². The molecule has 3 fully saturated rings. The van der Waals surface area contributed by atoms with Gasteiger partial charge in [0.05, 0.1) is 11.5 Å². The van der Waals surface area contributed by atoms with Gasteiger partial charge in [-0.05, 0) is 50.2 Å². The first kappa shape index (κ1) is 19.4. The predicted octanol–water partition coefficient (Wildman–Crippen LogP) is 2.99. The molecule has 3 saturated heterocycles. The second-order valence-corrected chi connectivity index (χ2v) is 10.5. The average Bonchev–Trinajstić information content (AvgIpc) is 2.99. The van der Waals surface area contributed by atoms with E-state index in [0.717, 1.165) is 28.5 Å². The summed E-state index contributed by atoms with van der Waals surface area (Å²) >= 11 is 10.1. The summed E-state index contributed by atoms with van der Waals surface area (Å²) in [7, 11) is 2.26. The quantitative estimate of drug-likeness (QED) is 0.690. The molecule has 4 nitrogen and oxygen atoms in total. The summed E-state index contributed by atoms with van der Waals surface area (Å²) in [6, 6.07) is 8.20. The van der Waals surface area contributed by atoms with Crippen molar-refractivity contribution in [3.05, 3.63) is 34.9 Å². The normalized spacial score (nSPS) is 37.3. The highest BCUT2D eigenvalue weighted by atomic mass is 35.5. The molecular formula is C19H29ClN4S2. The number of benzene rings is 1. The van der Waals surface area contributed by atoms with Gasteiger partial charge >= 0.3 is 0 Å². The van der Waals surface area contributed by atoms with E-state index in [4.69, 9.17) is 11.6 Å². The number of likely N-dealkylation sites (tertiary alicyclic amines) is 1. The molecule has 3 N–H and O–H groups in total. The first-order valence-electron chi connectivity index (χ1n) is 9.59. The van der Waals surface area contributed by atoms with Crippen LogP contribution in [0.25, 0.3) is 0 Å². The molecule has 144 valence electrons. The lowest BCUT2D eigenvalue weighted by Gasteiger charge is -2.43. The zero-order valence-electron chi connectivity index (χ0n) is 15.5. The highest BCUT2D eigenvalue weighted by molar-refractivity contribution is 8.01. The molecule has 0 bridgehead atoms. The van der Waals surface area contributed by atoms with Crippen LogP contribution in [0.1, 0.15) is 18.9 Å². The molecule has 0 aromatic heterocycles. The molecule has 6 unspecified atom stereocenters. The third-order valence-corrected chi connectivity index (χ3v) is 8.71. The highest BCUT2D eigenvalue weighted by Crippen LogP contribution is 2.48. The third-order valence-electron chi connectivity index (χ3n) is 5.76. The molecule has 4 rings (SSSR count). The molecule has 7 heteroatoms. The summed E-state index contributed by atoms with van der Waals surface area (Å²) in [4.78, 5) is 2.49. The molecule has 1 aromatic rings. The molecule has 0 saturated carbocycles. The number of fused-ring (bicyclic) bond motifs is 3. The smallest absolute Gasteiger partial charge is 0.108 e. The van der Waals surface area contributed by atoms with Gasteiger partial charge in [-0.2, -0.15) is 0 Å². The minimum absolute atomic E-state index is 0.279. The van der Waals surface area contributed by atoms with E-state index < -0.39 is 0 Å². The van der Waals surface area contributed by atoms with E-state index in [-0.39, 0.29) is 5.50 Å². The van der Waals surface area contributed by atoms with Gasteiger partial charge in [0.1, 0.15) is 5.50 Å². The fourth-order valence-electron chi connectivity index (χ4n) is 4.49. The maximum absolute atomic E-state index is 6.00. The lowest BCUT2D eigenvalue weighted by atomic mass is 9.81. The van der Waals surface area contributed by atoms with Gasteiger partial charge in [0.2, 0.25) is 0 Å². The second-order valence-electron chi connectivity index (χ2n) is 7.57. The summed E-state index contributed by atoms with van der Waals surface area (Å²) in [6.45, 7) is 5.68. The van der Waals surface area contributed by atoms with Crippen molar-refractivity contribution in [2.45, 2.75) is 41.4 Å². The van der Waals surface area contributed by atoms with Gasteiger partial charge in [0, 0.05) is 28.5 Å². The van der Waals surface area contributed by atoms with Crippen LogP contribution in [0.4, 0.5) is 0 Å². The molecule has 26 heavy (non-hydrogen) atoms. The maximum Gasteiger partial charge on any atom is 0.108 e. The zero-order chi connectivity index (χ0) is 18.1. The standard InChI is InChI=1S/C19H29ClN4S2/c1-3-21-17-16-14-8-9-24(2)10-15(14)26-18(16)23-19(22-17)25-11-12-4-6-13(20)7-5-12/h4-7,14-19,21-23H,3,8-11H2,1-2H3. The fraction of sp³-hybridized carbons (Fsp3) is 0.684. The Morgan fingerprint density at radius 2 is 2.12 bits per heavy atom. The number of thioether (sulfide) groups is 2. The van der Waals surface area contributed by atoms with Crippen LogP contribution >= 0.6 is 35.1 Å². The first-order chi connectivity index (χ1) is 12.6. The van der Waals surface area contributed by atoms with Crippen molar-refractivity contribution in [3.63, 3.8) is 0 Å². The summed E-state index contributed by atoms with van der Waals surface area (Å²) in [5, 5.41) is 13.6. The molecule has 6 atom stereocenters. The Labute approximate surface area is 170 Å². The van der Waals surface area contributed by atoms with Crippen molar-refractivity contribution in [1.82, 2.24) is 20.9 Å². The van der Waals surface area contributed by atoms with E-state index in [0.29, 0.717) is 17.5 Å². The summed E-state index contributed by atoms with van der Waals surface area (Å²) < 4.78 is 0. The van der Waals surface area contributed by atoms with E-state index in [2.05, 4.69) is 58.7 Å². The minimum Gasteiger partial charge on any atom is -0.305 e. The van der Waals surface area contributed by atoms with E-state index in [1.54, 1.807) is 0 Å². The van der Waals surface area contributed by atoms with Crippen LogP contribution in [0.2, 0.25) is 5.02 Å². The lowest BCUT2D eigenvalue weighted by Crippen LogP contribution is -2.65. The predicted molar refractivity (Wildman–Crippen MR) is 115 cm³/mol.